The zero-order valence-corrected chi connectivity index (χ0v) is 7.83. The Balaban J connectivity index is 2.57. The Morgan fingerprint density at radius 2 is 2.67 bits per heavy atom. The third-order valence-electron chi connectivity index (χ3n) is 0.983. The van der Waals surface area contributed by atoms with E-state index >= 15 is 0 Å². The summed E-state index contributed by atoms with van der Waals surface area (Å²) in [7, 11) is 0. The molecule has 0 aliphatic rings. The number of hydrogen-bond donors (Lipinski definition) is 1. The molecule has 0 amide bonds. The summed E-state index contributed by atoms with van der Waals surface area (Å²) in [6.45, 7) is 1.28. The van der Waals surface area contributed by atoms with Crippen LogP contribution in [0.2, 0.25) is 0 Å². The zero-order chi connectivity index (χ0) is 8.97. The van der Waals surface area contributed by atoms with E-state index in [1.165, 1.54) is 13.1 Å². The fraction of sp³-hybridized carbons (Fsp3) is 0.167. The van der Waals surface area contributed by atoms with Crippen molar-refractivity contribution in [2.75, 3.05) is 0 Å². The Morgan fingerprint density at radius 3 is 3.17 bits per heavy atom. The number of hydrogen-bond acceptors (Lipinski definition) is 4. The maximum Gasteiger partial charge on any atom is 0.331 e. The summed E-state index contributed by atoms with van der Waals surface area (Å²) in [4.78, 5) is 14.6. The average molecular weight is 232 g/mol. The van der Waals surface area contributed by atoms with Gasteiger partial charge in [0, 0.05) is 6.92 Å². The number of nitrogens with one attached hydrogen (secondary N) is 1. The Bertz CT molecular complexity index is 307. The third kappa shape index (κ3) is 2.46. The maximum atomic E-state index is 10.3. The normalized spacial score (nSPS) is 10.5. The molecule has 5 nitrogen and oxygen atoms in total. The molecule has 0 saturated carbocycles. The molecule has 0 radical (unpaired) electrons. The monoisotopic (exact) mass is 231 g/mol. The molecule has 12 heavy (non-hydrogen) atoms. The van der Waals surface area contributed by atoms with Crippen LogP contribution in [0.3, 0.4) is 0 Å². The van der Waals surface area contributed by atoms with Gasteiger partial charge in [0.15, 0.2) is 0 Å². The first kappa shape index (κ1) is 8.92. The van der Waals surface area contributed by atoms with Crippen molar-refractivity contribution in [2.45, 2.75) is 6.92 Å². The maximum absolute atomic E-state index is 10.3. The summed E-state index contributed by atoms with van der Waals surface area (Å²) in [5.41, 5.74) is 0.649. The standard InChI is InChI=1S/C6H6BrN3O2/c1-4(11)12-9-3-6-5(7)2-8-10-6/h2-3H,1H3,(H,8,10)/b9-3-. The van der Waals surface area contributed by atoms with Crippen LogP contribution in [-0.2, 0) is 9.63 Å². The minimum atomic E-state index is -0.457. The molecule has 1 aromatic rings. The second-order valence-corrected chi connectivity index (χ2v) is 2.80. The molecule has 0 aliphatic heterocycles. The lowest BCUT2D eigenvalue weighted by molar-refractivity contribution is -0.140. The van der Waals surface area contributed by atoms with Crippen molar-refractivity contribution < 1.29 is 9.63 Å². The minimum Gasteiger partial charge on any atom is -0.319 e. The number of H-pyrrole nitrogens is 1. The smallest absolute Gasteiger partial charge is 0.319 e. The van der Waals surface area contributed by atoms with Crippen LogP contribution in [0, 0.1) is 0 Å². The predicted octanol–water partition coefficient (Wildman–Crippen LogP) is 1.07. The van der Waals surface area contributed by atoms with Gasteiger partial charge in [-0.1, -0.05) is 5.16 Å². The summed E-state index contributed by atoms with van der Waals surface area (Å²) < 4.78 is 0.762. The van der Waals surface area contributed by atoms with Crippen molar-refractivity contribution in [3.8, 4) is 0 Å². The highest BCUT2D eigenvalue weighted by Gasteiger charge is 1.97. The number of oxime groups is 1. The largest absolute Gasteiger partial charge is 0.331 e. The zero-order valence-electron chi connectivity index (χ0n) is 6.24. The van der Waals surface area contributed by atoms with Gasteiger partial charge < -0.3 is 4.84 Å². The van der Waals surface area contributed by atoms with Gasteiger partial charge in [-0.15, -0.1) is 0 Å². The molecule has 0 aromatic carbocycles. The lowest BCUT2D eigenvalue weighted by Gasteiger charge is -1.87. The molecule has 6 heteroatoms. The van der Waals surface area contributed by atoms with E-state index in [-0.39, 0.29) is 0 Å². The molecule has 0 fully saturated rings. The molecule has 0 spiro atoms. The van der Waals surface area contributed by atoms with E-state index in [0.29, 0.717) is 5.69 Å². The van der Waals surface area contributed by atoms with E-state index in [1.54, 1.807) is 6.20 Å². The second kappa shape index (κ2) is 4.01. The average Bonchev–Trinajstić information content (AvgIpc) is 2.36. The van der Waals surface area contributed by atoms with E-state index in [0.717, 1.165) is 4.47 Å². The summed E-state index contributed by atoms with van der Waals surface area (Å²) in [6, 6.07) is 0. The van der Waals surface area contributed by atoms with Crippen molar-refractivity contribution in [1.29, 1.82) is 0 Å². The molecule has 0 atom stereocenters. The molecule has 0 unspecified atom stereocenters. The Hall–Kier alpha value is -1.17. The number of nitrogens with zero attached hydrogens (tertiary/aromatic N) is 2. The number of halogens is 1. The van der Waals surface area contributed by atoms with Crippen LogP contribution in [0.1, 0.15) is 12.6 Å². The van der Waals surface area contributed by atoms with Crippen LogP contribution >= 0.6 is 15.9 Å². The van der Waals surface area contributed by atoms with Gasteiger partial charge in [-0.2, -0.15) is 5.10 Å². The lowest BCUT2D eigenvalue weighted by Crippen LogP contribution is -1.92. The van der Waals surface area contributed by atoms with Crippen LogP contribution < -0.4 is 0 Å². The van der Waals surface area contributed by atoms with Gasteiger partial charge in [0.2, 0.25) is 0 Å². The number of carbonyl (C=O) groups excluding carboxylic acids is 1. The highest BCUT2D eigenvalue weighted by atomic mass is 79.9. The number of carbonyl (C=O) groups is 1. The van der Waals surface area contributed by atoms with Gasteiger partial charge in [0.25, 0.3) is 0 Å². The Labute approximate surface area is 76.9 Å². The quantitative estimate of drug-likeness (QED) is 0.471. The molecular formula is C6H6BrN3O2. The van der Waals surface area contributed by atoms with Gasteiger partial charge in [-0.05, 0) is 15.9 Å². The highest BCUT2D eigenvalue weighted by molar-refractivity contribution is 9.10. The fourth-order valence-electron chi connectivity index (χ4n) is 0.525. The molecule has 0 bridgehead atoms. The van der Waals surface area contributed by atoms with E-state index in [2.05, 4.69) is 36.1 Å². The molecule has 64 valence electrons. The van der Waals surface area contributed by atoms with E-state index in [9.17, 15) is 4.79 Å². The summed E-state index contributed by atoms with van der Waals surface area (Å²) in [6.07, 6.45) is 2.94. The van der Waals surface area contributed by atoms with E-state index in [1.807, 2.05) is 0 Å². The molecule has 1 N–H and O–H groups in total. The van der Waals surface area contributed by atoms with Crippen molar-refractivity contribution in [3.05, 3.63) is 16.4 Å². The lowest BCUT2D eigenvalue weighted by atomic mass is 10.5. The summed E-state index contributed by atoms with van der Waals surface area (Å²) in [5.74, 6) is -0.457. The van der Waals surface area contributed by atoms with E-state index < -0.39 is 5.97 Å². The summed E-state index contributed by atoms with van der Waals surface area (Å²) in [5, 5.41) is 9.76. The fourth-order valence-corrected chi connectivity index (χ4v) is 0.819. The first-order chi connectivity index (χ1) is 5.70. The number of aromatic amines is 1. The van der Waals surface area contributed by atoms with Crippen LogP contribution in [0.25, 0.3) is 0 Å². The second-order valence-electron chi connectivity index (χ2n) is 1.95. The third-order valence-corrected chi connectivity index (χ3v) is 1.62. The molecule has 0 saturated heterocycles. The van der Waals surface area contributed by atoms with Crippen molar-refractivity contribution >= 4 is 28.1 Å². The first-order valence-electron chi connectivity index (χ1n) is 3.10. The molecule has 1 aromatic heterocycles. The number of aromatic nitrogens is 2. The molecular weight excluding hydrogens is 226 g/mol. The molecule has 0 aliphatic carbocycles. The van der Waals surface area contributed by atoms with Crippen LogP contribution in [-0.4, -0.2) is 22.4 Å². The van der Waals surface area contributed by atoms with Crippen LogP contribution in [0.5, 0.6) is 0 Å². The van der Waals surface area contributed by atoms with Crippen molar-refractivity contribution in [2.24, 2.45) is 5.16 Å². The van der Waals surface area contributed by atoms with Gasteiger partial charge in [0.05, 0.1) is 22.6 Å². The van der Waals surface area contributed by atoms with Gasteiger partial charge in [-0.3, -0.25) is 5.10 Å². The molecule has 1 rings (SSSR count). The Kier molecular flexibility index (Phi) is 2.98. The number of rotatable bonds is 2. The van der Waals surface area contributed by atoms with Crippen LogP contribution in [0.15, 0.2) is 15.8 Å². The minimum absolute atomic E-state index is 0.457. The van der Waals surface area contributed by atoms with Crippen LogP contribution in [0.4, 0.5) is 0 Å². The highest BCUT2D eigenvalue weighted by Crippen LogP contribution is 2.09. The van der Waals surface area contributed by atoms with E-state index in [4.69, 9.17) is 0 Å². The SMILES string of the molecule is CC(=O)O/N=C\c1[nH]ncc1Br. The van der Waals surface area contributed by atoms with Gasteiger partial charge >= 0.3 is 5.97 Å². The topological polar surface area (TPSA) is 67.3 Å². The summed E-state index contributed by atoms with van der Waals surface area (Å²) >= 11 is 3.21. The first-order valence-corrected chi connectivity index (χ1v) is 3.89. The van der Waals surface area contributed by atoms with Crippen molar-refractivity contribution in [1.82, 2.24) is 10.2 Å². The van der Waals surface area contributed by atoms with Gasteiger partial charge in [0.1, 0.15) is 0 Å². The predicted molar refractivity (Wildman–Crippen MR) is 45.6 cm³/mol. The van der Waals surface area contributed by atoms with Gasteiger partial charge in [-0.25, -0.2) is 4.79 Å². The Morgan fingerprint density at radius 1 is 1.92 bits per heavy atom. The van der Waals surface area contributed by atoms with Crippen molar-refractivity contribution in [3.63, 3.8) is 0 Å². The molecule has 1 heterocycles.